The number of rotatable bonds is 11. The molecule has 108 valence electrons. The van der Waals surface area contributed by atoms with Crippen LogP contribution >= 0.6 is 0 Å². The Labute approximate surface area is 113 Å². The first kappa shape index (κ1) is 17.4. The molecule has 0 aromatic heterocycles. The molecule has 0 fully saturated rings. The second-order valence-electron chi connectivity index (χ2n) is 5.28. The highest BCUT2D eigenvalue weighted by Crippen LogP contribution is 2.03. The van der Waals surface area contributed by atoms with Gasteiger partial charge in [0.25, 0.3) is 0 Å². The highest BCUT2D eigenvalue weighted by Gasteiger charge is 2.14. The van der Waals surface area contributed by atoms with Crippen molar-refractivity contribution in [2.75, 3.05) is 6.54 Å². The SMILES string of the molecule is CCCCCNC(=O)C(C)NC(C)CCCCC. The second-order valence-corrected chi connectivity index (χ2v) is 5.28. The summed E-state index contributed by atoms with van der Waals surface area (Å²) in [5, 5.41) is 6.36. The minimum Gasteiger partial charge on any atom is -0.355 e. The summed E-state index contributed by atoms with van der Waals surface area (Å²) in [5.74, 6) is 0.133. The number of hydrogen-bond donors (Lipinski definition) is 2. The first-order chi connectivity index (χ1) is 8.61. The van der Waals surface area contributed by atoms with Gasteiger partial charge in [-0.3, -0.25) is 4.79 Å². The Balaban J connectivity index is 3.65. The van der Waals surface area contributed by atoms with Gasteiger partial charge in [0.05, 0.1) is 6.04 Å². The minimum atomic E-state index is -0.0803. The summed E-state index contributed by atoms with van der Waals surface area (Å²) in [5.41, 5.74) is 0. The zero-order valence-electron chi connectivity index (χ0n) is 12.7. The van der Waals surface area contributed by atoms with E-state index >= 15 is 0 Å². The van der Waals surface area contributed by atoms with E-state index in [4.69, 9.17) is 0 Å². The first-order valence-corrected chi connectivity index (χ1v) is 7.65. The van der Waals surface area contributed by atoms with E-state index in [1.165, 1.54) is 32.1 Å². The smallest absolute Gasteiger partial charge is 0.236 e. The number of hydrogen-bond acceptors (Lipinski definition) is 2. The summed E-state index contributed by atoms with van der Waals surface area (Å²) in [6.45, 7) is 9.30. The maximum absolute atomic E-state index is 11.8. The molecule has 0 saturated carbocycles. The topological polar surface area (TPSA) is 41.1 Å². The molecule has 2 atom stereocenters. The molecule has 0 aromatic rings. The largest absolute Gasteiger partial charge is 0.355 e. The maximum atomic E-state index is 11.8. The van der Waals surface area contributed by atoms with Crippen molar-refractivity contribution in [1.82, 2.24) is 10.6 Å². The van der Waals surface area contributed by atoms with Crippen LogP contribution in [0.4, 0.5) is 0 Å². The van der Waals surface area contributed by atoms with Crippen molar-refractivity contribution < 1.29 is 4.79 Å². The lowest BCUT2D eigenvalue weighted by molar-refractivity contribution is -0.122. The van der Waals surface area contributed by atoms with Crippen LogP contribution in [0.25, 0.3) is 0 Å². The molecule has 0 aliphatic carbocycles. The van der Waals surface area contributed by atoms with Crippen molar-refractivity contribution in [2.24, 2.45) is 0 Å². The molecule has 2 unspecified atom stereocenters. The van der Waals surface area contributed by atoms with E-state index in [-0.39, 0.29) is 11.9 Å². The molecule has 0 spiro atoms. The van der Waals surface area contributed by atoms with Crippen LogP contribution in [0, 0.1) is 0 Å². The van der Waals surface area contributed by atoms with E-state index in [0.717, 1.165) is 19.4 Å². The highest BCUT2D eigenvalue weighted by molar-refractivity contribution is 5.81. The van der Waals surface area contributed by atoms with Gasteiger partial charge in [-0.25, -0.2) is 0 Å². The van der Waals surface area contributed by atoms with Gasteiger partial charge >= 0.3 is 0 Å². The summed E-state index contributed by atoms with van der Waals surface area (Å²) in [7, 11) is 0. The van der Waals surface area contributed by atoms with Gasteiger partial charge in [0.1, 0.15) is 0 Å². The monoisotopic (exact) mass is 256 g/mol. The lowest BCUT2D eigenvalue weighted by Gasteiger charge is -2.19. The summed E-state index contributed by atoms with van der Waals surface area (Å²) in [6, 6.07) is 0.344. The maximum Gasteiger partial charge on any atom is 0.236 e. The summed E-state index contributed by atoms with van der Waals surface area (Å²) in [6.07, 6.45) is 8.40. The molecule has 0 heterocycles. The molecular weight excluding hydrogens is 224 g/mol. The molecule has 0 saturated heterocycles. The van der Waals surface area contributed by atoms with Gasteiger partial charge in [0.2, 0.25) is 5.91 Å². The lowest BCUT2D eigenvalue weighted by Crippen LogP contribution is -2.45. The third-order valence-corrected chi connectivity index (χ3v) is 3.25. The van der Waals surface area contributed by atoms with Crippen molar-refractivity contribution in [3.8, 4) is 0 Å². The summed E-state index contributed by atoms with van der Waals surface area (Å²) in [4.78, 5) is 11.8. The number of carbonyl (C=O) groups excluding carboxylic acids is 1. The third kappa shape index (κ3) is 9.46. The minimum absolute atomic E-state index is 0.0803. The van der Waals surface area contributed by atoms with Crippen molar-refractivity contribution in [3.63, 3.8) is 0 Å². The number of carbonyl (C=O) groups is 1. The Bertz CT molecular complexity index is 207. The highest BCUT2D eigenvalue weighted by atomic mass is 16.2. The fraction of sp³-hybridized carbons (Fsp3) is 0.933. The first-order valence-electron chi connectivity index (χ1n) is 7.65. The van der Waals surface area contributed by atoms with Crippen LogP contribution in [0.1, 0.15) is 72.6 Å². The second kappa shape index (κ2) is 11.5. The molecule has 1 amide bonds. The zero-order chi connectivity index (χ0) is 13.8. The summed E-state index contributed by atoms with van der Waals surface area (Å²) >= 11 is 0. The van der Waals surface area contributed by atoms with Gasteiger partial charge in [-0.1, -0.05) is 46.0 Å². The van der Waals surface area contributed by atoms with Crippen molar-refractivity contribution >= 4 is 5.91 Å². The van der Waals surface area contributed by atoms with Gasteiger partial charge < -0.3 is 10.6 Å². The Morgan fingerprint density at radius 3 is 2.22 bits per heavy atom. The molecular formula is C15H32N2O. The van der Waals surface area contributed by atoms with E-state index < -0.39 is 0 Å². The van der Waals surface area contributed by atoms with E-state index in [9.17, 15) is 4.79 Å². The lowest BCUT2D eigenvalue weighted by atomic mass is 10.1. The molecule has 3 nitrogen and oxygen atoms in total. The van der Waals surface area contributed by atoms with Crippen LogP contribution in [0.2, 0.25) is 0 Å². The number of unbranched alkanes of at least 4 members (excludes halogenated alkanes) is 4. The Morgan fingerprint density at radius 1 is 1.00 bits per heavy atom. The normalized spacial score (nSPS) is 14.2. The fourth-order valence-corrected chi connectivity index (χ4v) is 2.03. The van der Waals surface area contributed by atoms with E-state index in [1.807, 2.05) is 6.92 Å². The molecule has 18 heavy (non-hydrogen) atoms. The van der Waals surface area contributed by atoms with Crippen molar-refractivity contribution in [3.05, 3.63) is 0 Å². The molecule has 2 N–H and O–H groups in total. The van der Waals surface area contributed by atoms with Gasteiger partial charge in [0.15, 0.2) is 0 Å². The number of amides is 1. The van der Waals surface area contributed by atoms with Crippen molar-refractivity contribution in [1.29, 1.82) is 0 Å². The van der Waals surface area contributed by atoms with Crippen LogP contribution in [0.3, 0.4) is 0 Å². The average molecular weight is 256 g/mol. The standard InChI is InChI=1S/C15H32N2O/c1-5-7-9-11-13(3)17-14(4)15(18)16-12-10-8-6-2/h13-14,17H,5-12H2,1-4H3,(H,16,18). The van der Waals surface area contributed by atoms with Crippen LogP contribution in [0.5, 0.6) is 0 Å². The molecule has 0 rings (SSSR count). The Hall–Kier alpha value is -0.570. The fourth-order valence-electron chi connectivity index (χ4n) is 2.03. The van der Waals surface area contributed by atoms with Crippen LogP contribution in [0.15, 0.2) is 0 Å². The van der Waals surface area contributed by atoms with Gasteiger partial charge in [-0.2, -0.15) is 0 Å². The van der Waals surface area contributed by atoms with Gasteiger partial charge in [-0.05, 0) is 26.7 Å². The predicted molar refractivity (Wildman–Crippen MR) is 78.7 cm³/mol. The van der Waals surface area contributed by atoms with Crippen LogP contribution in [-0.2, 0) is 4.79 Å². The van der Waals surface area contributed by atoms with Crippen molar-refractivity contribution in [2.45, 2.75) is 84.7 Å². The van der Waals surface area contributed by atoms with Crippen LogP contribution in [-0.4, -0.2) is 24.5 Å². The predicted octanol–water partition coefficient (Wildman–Crippen LogP) is 3.24. The molecule has 0 radical (unpaired) electrons. The van der Waals surface area contributed by atoms with Crippen LogP contribution < -0.4 is 10.6 Å². The number of nitrogens with one attached hydrogen (secondary N) is 2. The molecule has 0 bridgehead atoms. The van der Waals surface area contributed by atoms with Gasteiger partial charge in [-0.15, -0.1) is 0 Å². The zero-order valence-corrected chi connectivity index (χ0v) is 12.7. The average Bonchev–Trinajstić information content (AvgIpc) is 2.34. The Morgan fingerprint density at radius 2 is 1.61 bits per heavy atom. The van der Waals surface area contributed by atoms with Gasteiger partial charge in [0, 0.05) is 12.6 Å². The summed E-state index contributed by atoms with van der Waals surface area (Å²) < 4.78 is 0. The quantitative estimate of drug-likeness (QED) is 0.557. The molecule has 3 heteroatoms. The van der Waals surface area contributed by atoms with E-state index in [2.05, 4.69) is 31.4 Å². The molecule has 0 aliphatic heterocycles. The van der Waals surface area contributed by atoms with E-state index in [1.54, 1.807) is 0 Å². The third-order valence-electron chi connectivity index (χ3n) is 3.25. The van der Waals surface area contributed by atoms with E-state index in [0.29, 0.717) is 6.04 Å². The molecule has 0 aliphatic rings. The Kier molecular flexibility index (Phi) is 11.2. The molecule has 0 aromatic carbocycles.